The highest BCUT2D eigenvalue weighted by molar-refractivity contribution is 7.99. The lowest BCUT2D eigenvalue weighted by molar-refractivity contribution is 0.617. The smallest absolute Gasteiger partial charge is 0.123 e. The van der Waals surface area contributed by atoms with Gasteiger partial charge in [-0.15, -0.1) is 24.2 Å². The van der Waals surface area contributed by atoms with Crippen molar-refractivity contribution >= 4 is 24.2 Å². The third-order valence-corrected chi connectivity index (χ3v) is 4.35. The number of benzene rings is 2. The van der Waals surface area contributed by atoms with Crippen LogP contribution in [0.15, 0.2) is 53.4 Å². The Hall–Kier alpha value is -1.03. The highest BCUT2D eigenvalue weighted by Crippen LogP contribution is 2.22. The molecule has 0 spiro atoms. The summed E-state index contributed by atoms with van der Waals surface area (Å²) in [6, 6.07) is 15.0. The van der Waals surface area contributed by atoms with E-state index < -0.39 is 0 Å². The van der Waals surface area contributed by atoms with Crippen molar-refractivity contribution in [1.82, 2.24) is 0 Å². The van der Waals surface area contributed by atoms with Crippen molar-refractivity contribution in [3.05, 3.63) is 65.5 Å². The maximum absolute atomic E-state index is 12.8. The van der Waals surface area contributed by atoms with Crippen LogP contribution < -0.4 is 5.73 Å². The summed E-state index contributed by atoms with van der Waals surface area (Å²) in [6.45, 7) is 2.09. The molecule has 2 rings (SSSR count). The van der Waals surface area contributed by atoms with E-state index in [9.17, 15) is 4.39 Å². The Labute approximate surface area is 136 Å². The average molecular weight is 326 g/mol. The number of hydrogen-bond acceptors (Lipinski definition) is 2. The molecule has 0 amide bonds. The van der Waals surface area contributed by atoms with E-state index in [0.717, 1.165) is 24.2 Å². The van der Waals surface area contributed by atoms with Crippen molar-refractivity contribution in [2.24, 2.45) is 5.73 Å². The molecule has 0 aliphatic carbocycles. The fraction of sp³-hybridized carbons (Fsp3) is 0.294. The lowest BCUT2D eigenvalue weighted by Gasteiger charge is -2.11. The van der Waals surface area contributed by atoms with Gasteiger partial charge in [-0.3, -0.25) is 0 Å². The van der Waals surface area contributed by atoms with Crippen LogP contribution in [0.4, 0.5) is 4.39 Å². The van der Waals surface area contributed by atoms with Gasteiger partial charge in [-0.2, -0.15) is 0 Å². The lowest BCUT2D eigenvalue weighted by Crippen LogP contribution is -2.10. The van der Waals surface area contributed by atoms with Crippen molar-refractivity contribution in [3.8, 4) is 0 Å². The van der Waals surface area contributed by atoms with Crippen LogP contribution in [-0.4, -0.2) is 5.75 Å². The molecular formula is C17H21ClFNS. The van der Waals surface area contributed by atoms with Crippen LogP contribution in [0.25, 0.3) is 0 Å². The van der Waals surface area contributed by atoms with Gasteiger partial charge in [0.15, 0.2) is 0 Å². The molecule has 21 heavy (non-hydrogen) atoms. The first-order valence-electron chi connectivity index (χ1n) is 6.85. The molecule has 0 bridgehead atoms. The predicted molar refractivity (Wildman–Crippen MR) is 91.7 cm³/mol. The standard InChI is InChI=1S/C17H20FNS.ClH/c1-13-4-10-16(11-5-13)20-12-2-3-17(19)14-6-8-15(18)9-7-14;/h4-11,17H,2-3,12,19H2,1H3;1H. The Kier molecular flexibility index (Phi) is 7.79. The number of aryl methyl sites for hydroxylation is 1. The van der Waals surface area contributed by atoms with Crippen LogP contribution in [0.5, 0.6) is 0 Å². The van der Waals surface area contributed by atoms with Gasteiger partial charge in [0.25, 0.3) is 0 Å². The molecule has 1 atom stereocenters. The largest absolute Gasteiger partial charge is 0.324 e. The van der Waals surface area contributed by atoms with Gasteiger partial charge in [-0.1, -0.05) is 29.8 Å². The fourth-order valence-electron chi connectivity index (χ4n) is 2.00. The van der Waals surface area contributed by atoms with Crippen molar-refractivity contribution < 1.29 is 4.39 Å². The Morgan fingerprint density at radius 1 is 1.05 bits per heavy atom. The minimum absolute atomic E-state index is 0. The summed E-state index contributed by atoms with van der Waals surface area (Å²) < 4.78 is 12.8. The molecule has 0 aromatic heterocycles. The first kappa shape index (κ1) is 18.0. The Balaban J connectivity index is 0.00000220. The molecule has 0 fully saturated rings. The second-order valence-corrected chi connectivity index (χ2v) is 6.13. The SMILES string of the molecule is Cc1ccc(SCCCC(N)c2ccc(F)cc2)cc1.Cl. The number of thioether (sulfide) groups is 1. The van der Waals surface area contributed by atoms with E-state index >= 15 is 0 Å². The third kappa shape index (κ3) is 6.08. The molecule has 2 N–H and O–H groups in total. The lowest BCUT2D eigenvalue weighted by atomic mass is 10.0. The van der Waals surface area contributed by atoms with Gasteiger partial charge in [0, 0.05) is 10.9 Å². The number of nitrogens with two attached hydrogens (primary N) is 1. The normalized spacial score (nSPS) is 11.8. The molecule has 0 aliphatic rings. The molecule has 4 heteroatoms. The van der Waals surface area contributed by atoms with Crippen LogP contribution in [-0.2, 0) is 0 Å². The minimum Gasteiger partial charge on any atom is -0.324 e. The zero-order valence-corrected chi connectivity index (χ0v) is 13.7. The minimum atomic E-state index is -0.212. The summed E-state index contributed by atoms with van der Waals surface area (Å²) in [4.78, 5) is 1.30. The average Bonchev–Trinajstić information content (AvgIpc) is 2.46. The van der Waals surface area contributed by atoms with Crippen LogP contribution in [0.2, 0.25) is 0 Å². The molecular weight excluding hydrogens is 305 g/mol. The number of rotatable bonds is 6. The summed E-state index contributed by atoms with van der Waals surface area (Å²) in [5, 5.41) is 0. The van der Waals surface area contributed by atoms with Gasteiger partial charge in [0.05, 0.1) is 0 Å². The molecule has 0 saturated carbocycles. The summed E-state index contributed by atoms with van der Waals surface area (Å²) in [6.07, 6.45) is 1.97. The maximum Gasteiger partial charge on any atom is 0.123 e. The van der Waals surface area contributed by atoms with Crippen molar-refractivity contribution in [1.29, 1.82) is 0 Å². The second-order valence-electron chi connectivity index (χ2n) is 4.96. The van der Waals surface area contributed by atoms with Crippen LogP contribution in [0.3, 0.4) is 0 Å². The molecule has 0 heterocycles. The first-order valence-corrected chi connectivity index (χ1v) is 7.84. The van der Waals surface area contributed by atoms with E-state index in [1.165, 1.54) is 22.6 Å². The summed E-state index contributed by atoms with van der Waals surface area (Å²) in [5.74, 6) is 0.841. The number of halogens is 2. The monoisotopic (exact) mass is 325 g/mol. The van der Waals surface area contributed by atoms with Gasteiger partial charge < -0.3 is 5.73 Å². The number of hydrogen-bond donors (Lipinski definition) is 1. The first-order chi connectivity index (χ1) is 9.65. The van der Waals surface area contributed by atoms with Crippen molar-refractivity contribution in [3.63, 3.8) is 0 Å². The zero-order chi connectivity index (χ0) is 14.4. The van der Waals surface area contributed by atoms with Crippen molar-refractivity contribution in [2.45, 2.75) is 30.7 Å². The van der Waals surface area contributed by atoms with E-state index in [1.807, 2.05) is 11.8 Å². The Morgan fingerprint density at radius 3 is 2.29 bits per heavy atom. The molecule has 2 aromatic carbocycles. The van der Waals surface area contributed by atoms with Crippen LogP contribution in [0.1, 0.15) is 30.0 Å². The molecule has 1 nitrogen and oxygen atoms in total. The van der Waals surface area contributed by atoms with Gasteiger partial charge in [0.1, 0.15) is 5.82 Å². The van der Waals surface area contributed by atoms with Crippen LogP contribution >= 0.6 is 24.2 Å². The van der Waals surface area contributed by atoms with E-state index in [4.69, 9.17) is 5.73 Å². The highest BCUT2D eigenvalue weighted by Gasteiger charge is 2.05. The van der Waals surface area contributed by atoms with Gasteiger partial charge >= 0.3 is 0 Å². The fourth-order valence-corrected chi connectivity index (χ4v) is 2.88. The van der Waals surface area contributed by atoms with E-state index in [0.29, 0.717) is 0 Å². The van der Waals surface area contributed by atoms with Gasteiger partial charge in [-0.25, -0.2) is 4.39 Å². The van der Waals surface area contributed by atoms with Crippen LogP contribution in [0, 0.1) is 12.7 Å². The summed E-state index contributed by atoms with van der Waals surface area (Å²) in [7, 11) is 0. The van der Waals surface area contributed by atoms with Crippen molar-refractivity contribution in [2.75, 3.05) is 5.75 Å². The maximum atomic E-state index is 12.8. The Morgan fingerprint density at radius 2 is 1.67 bits per heavy atom. The van der Waals surface area contributed by atoms with E-state index in [-0.39, 0.29) is 24.3 Å². The van der Waals surface area contributed by atoms with Gasteiger partial charge in [0.2, 0.25) is 0 Å². The van der Waals surface area contributed by atoms with E-state index in [1.54, 1.807) is 12.1 Å². The second kappa shape index (κ2) is 9.08. The predicted octanol–water partition coefficient (Wildman–Crippen LogP) is 5.13. The molecule has 0 saturated heterocycles. The molecule has 0 aliphatic heterocycles. The van der Waals surface area contributed by atoms with Gasteiger partial charge in [-0.05, 0) is 55.3 Å². The molecule has 1 unspecified atom stereocenters. The summed E-state index contributed by atoms with van der Waals surface area (Å²) in [5.41, 5.74) is 8.40. The highest BCUT2D eigenvalue weighted by atomic mass is 35.5. The zero-order valence-electron chi connectivity index (χ0n) is 12.1. The molecule has 2 aromatic rings. The summed E-state index contributed by atoms with van der Waals surface area (Å²) >= 11 is 1.85. The quantitative estimate of drug-likeness (QED) is 0.588. The molecule has 114 valence electrons. The Bertz CT molecular complexity index is 527. The topological polar surface area (TPSA) is 26.0 Å². The molecule has 0 radical (unpaired) electrons. The van der Waals surface area contributed by atoms with E-state index in [2.05, 4.69) is 31.2 Å². The third-order valence-electron chi connectivity index (χ3n) is 3.25.